The average molecular weight is 737 g/mol. The number of hydrogen-bond donors (Lipinski definition) is 1. The van der Waals surface area contributed by atoms with Gasteiger partial charge in [-0.15, -0.1) is 0 Å². The van der Waals surface area contributed by atoms with Crippen molar-refractivity contribution in [3.05, 3.63) is 77.9 Å². The summed E-state index contributed by atoms with van der Waals surface area (Å²) >= 11 is 0. The van der Waals surface area contributed by atoms with Crippen molar-refractivity contribution < 1.29 is 33.8 Å². The average Bonchev–Trinajstić information content (AvgIpc) is 3.81. The van der Waals surface area contributed by atoms with Crippen LogP contribution in [-0.4, -0.2) is 87.2 Å². The molecule has 53 heavy (non-hydrogen) atoms. The second kappa shape index (κ2) is 13.4. The van der Waals surface area contributed by atoms with Gasteiger partial charge >= 0.3 is 0 Å². The van der Waals surface area contributed by atoms with Crippen molar-refractivity contribution in [1.82, 2.24) is 4.90 Å². The Bertz CT molecular complexity index is 1970. The number of aliphatic hydroxyl groups is 1. The van der Waals surface area contributed by atoms with E-state index in [0.717, 1.165) is 46.8 Å². The van der Waals surface area contributed by atoms with Gasteiger partial charge in [0, 0.05) is 55.3 Å². The lowest BCUT2D eigenvalue weighted by atomic mass is 9.82. The maximum atomic E-state index is 15.4. The van der Waals surface area contributed by atoms with E-state index in [9.17, 15) is 19.5 Å². The summed E-state index contributed by atoms with van der Waals surface area (Å²) in [5.41, 5.74) is 2.31. The number of ether oxygens (including phenoxy) is 2. The highest BCUT2D eigenvalue weighted by Crippen LogP contribution is 2.60. The first kappa shape index (κ1) is 35.5. The van der Waals surface area contributed by atoms with Crippen LogP contribution in [0.15, 0.2) is 66.7 Å². The molecule has 4 fully saturated rings. The molecule has 11 nitrogen and oxygen atoms in total. The standard InChI is InChI=1S/C41H48N4O7Si/c1-26-39(53(3,4)32-13-11-31(51-2)12-14-32)35(23-38(49)42-18-6-9-30(42)25-46)52-41(26)33-22-29(44-20-17-37(44)48)10-15-34(33)45(40(41)50)24-27-7-5-8-28(21-27)43-19-16-36(43)47/h5,7-8,10-15,21-22,26,30,35,39,46H,6,9,16-20,23-25H2,1-4H3/t26-,30-,35+,39-,41+/m0/s1. The topological polar surface area (TPSA) is 120 Å². The van der Waals surface area contributed by atoms with Crippen molar-refractivity contribution in [2.45, 2.75) is 82.0 Å². The molecule has 0 aromatic heterocycles. The van der Waals surface area contributed by atoms with Crippen molar-refractivity contribution in [1.29, 1.82) is 0 Å². The van der Waals surface area contributed by atoms with Gasteiger partial charge in [-0.05, 0) is 66.4 Å². The summed E-state index contributed by atoms with van der Waals surface area (Å²) in [6, 6.07) is 21.5. The van der Waals surface area contributed by atoms with Gasteiger partial charge in [-0.1, -0.05) is 49.5 Å². The molecular weight excluding hydrogens is 689 g/mol. The van der Waals surface area contributed by atoms with Gasteiger partial charge in [-0.25, -0.2) is 0 Å². The highest BCUT2D eigenvalue weighted by Gasteiger charge is 2.66. The molecule has 5 atom stereocenters. The van der Waals surface area contributed by atoms with Crippen molar-refractivity contribution in [2.24, 2.45) is 5.92 Å². The number of rotatable bonds is 10. The van der Waals surface area contributed by atoms with Crippen molar-refractivity contribution >= 4 is 54.0 Å². The molecular formula is C41H48N4O7Si. The first-order valence-corrected chi connectivity index (χ1v) is 21.9. The zero-order valence-corrected chi connectivity index (χ0v) is 31.9. The number of amides is 4. The van der Waals surface area contributed by atoms with Crippen LogP contribution in [0.25, 0.3) is 0 Å². The molecule has 0 bridgehead atoms. The second-order valence-electron chi connectivity index (χ2n) is 15.8. The normalized spacial score (nSPS) is 26.7. The molecule has 0 aliphatic carbocycles. The zero-order chi connectivity index (χ0) is 37.2. The number of methoxy groups -OCH3 is 1. The number of carbonyl (C=O) groups is 4. The molecule has 8 rings (SSSR count). The fraction of sp³-hybridized carbons (Fsp3) is 0.463. The number of hydrogen-bond acceptors (Lipinski definition) is 7. The Morgan fingerprint density at radius 1 is 0.943 bits per heavy atom. The van der Waals surface area contributed by atoms with Gasteiger partial charge in [0.2, 0.25) is 17.7 Å². The lowest BCUT2D eigenvalue weighted by Gasteiger charge is -2.37. The third kappa shape index (κ3) is 5.68. The molecule has 0 unspecified atom stereocenters. The fourth-order valence-electron chi connectivity index (χ4n) is 9.65. The second-order valence-corrected chi connectivity index (χ2v) is 20.5. The predicted molar refractivity (Wildman–Crippen MR) is 204 cm³/mol. The van der Waals surface area contributed by atoms with E-state index >= 15 is 4.79 Å². The first-order chi connectivity index (χ1) is 25.5. The maximum Gasteiger partial charge on any atom is 0.264 e. The maximum absolute atomic E-state index is 15.4. The summed E-state index contributed by atoms with van der Waals surface area (Å²) < 4.78 is 12.7. The van der Waals surface area contributed by atoms with Crippen LogP contribution in [0.4, 0.5) is 17.1 Å². The van der Waals surface area contributed by atoms with Crippen LogP contribution in [0.3, 0.4) is 0 Å². The van der Waals surface area contributed by atoms with Crippen LogP contribution in [-0.2, 0) is 36.1 Å². The number of aliphatic hydroxyl groups excluding tert-OH is 1. The van der Waals surface area contributed by atoms with Gasteiger partial charge in [-0.2, -0.15) is 0 Å². The van der Waals surface area contributed by atoms with Crippen LogP contribution in [0.2, 0.25) is 18.6 Å². The number of carbonyl (C=O) groups excluding carboxylic acids is 4. The Morgan fingerprint density at radius 3 is 2.26 bits per heavy atom. The van der Waals surface area contributed by atoms with Crippen molar-refractivity contribution in [3.8, 4) is 5.75 Å². The highest BCUT2D eigenvalue weighted by molar-refractivity contribution is 6.91. The largest absolute Gasteiger partial charge is 0.497 e. The Balaban J connectivity index is 1.22. The SMILES string of the molecule is COc1ccc([Si](C)(C)[C@@H]2[C@@H](CC(=O)N3CCC[C@H]3CO)O[C@]3(C(=O)N(Cc4cccc(N5CCC5=O)c4)c4ccc(N5CCC5=O)cc43)[C@H]2C)cc1. The summed E-state index contributed by atoms with van der Waals surface area (Å²) in [6.07, 6.45) is 2.13. The number of fused-ring (bicyclic) bond motifs is 2. The number of benzene rings is 3. The number of likely N-dealkylation sites (tertiary alicyclic amines) is 1. The van der Waals surface area contributed by atoms with E-state index in [1.165, 1.54) is 5.19 Å². The van der Waals surface area contributed by atoms with Crippen LogP contribution < -0.4 is 24.6 Å². The van der Waals surface area contributed by atoms with E-state index in [4.69, 9.17) is 9.47 Å². The van der Waals surface area contributed by atoms with Crippen LogP contribution in [0.1, 0.15) is 50.2 Å². The smallest absolute Gasteiger partial charge is 0.264 e. The number of β-lactam (4-membered cyclic amide) rings is 2. The first-order valence-electron chi connectivity index (χ1n) is 18.9. The summed E-state index contributed by atoms with van der Waals surface area (Å²) in [6.45, 7) is 8.73. The van der Waals surface area contributed by atoms with E-state index in [1.54, 1.807) is 26.7 Å². The van der Waals surface area contributed by atoms with E-state index in [-0.39, 0.29) is 60.7 Å². The number of anilines is 3. The monoisotopic (exact) mass is 736 g/mol. The van der Waals surface area contributed by atoms with E-state index < -0.39 is 19.8 Å². The third-order valence-electron chi connectivity index (χ3n) is 12.7. The minimum Gasteiger partial charge on any atom is -0.497 e. The summed E-state index contributed by atoms with van der Waals surface area (Å²) in [5.74, 6) is 0.287. The molecule has 12 heteroatoms. The van der Waals surface area contributed by atoms with Gasteiger partial charge in [-0.3, -0.25) is 19.2 Å². The number of nitrogens with zero attached hydrogens (tertiary/aromatic N) is 4. The van der Waals surface area contributed by atoms with E-state index in [0.29, 0.717) is 32.5 Å². The Kier molecular flexibility index (Phi) is 8.98. The summed E-state index contributed by atoms with van der Waals surface area (Å²) in [5, 5.41) is 11.3. The van der Waals surface area contributed by atoms with Crippen LogP contribution in [0, 0.1) is 5.92 Å². The van der Waals surface area contributed by atoms with Gasteiger partial charge in [0.1, 0.15) is 5.75 Å². The molecule has 0 radical (unpaired) electrons. The van der Waals surface area contributed by atoms with Gasteiger partial charge in [0.05, 0.1) is 52.6 Å². The molecule has 1 N–H and O–H groups in total. The molecule has 4 saturated heterocycles. The molecule has 3 aromatic carbocycles. The molecule has 3 aromatic rings. The molecule has 5 heterocycles. The van der Waals surface area contributed by atoms with Crippen LogP contribution >= 0.6 is 0 Å². The molecule has 4 amide bonds. The van der Waals surface area contributed by atoms with Gasteiger partial charge in [0.15, 0.2) is 5.60 Å². The molecule has 1 spiro atoms. The Morgan fingerprint density at radius 2 is 1.64 bits per heavy atom. The fourth-order valence-corrected chi connectivity index (χ4v) is 13.7. The quantitative estimate of drug-likeness (QED) is 0.244. The molecule has 0 saturated carbocycles. The van der Waals surface area contributed by atoms with Crippen LogP contribution in [0.5, 0.6) is 5.75 Å². The zero-order valence-electron chi connectivity index (χ0n) is 30.9. The molecule has 5 aliphatic rings. The lowest BCUT2D eigenvalue weighted by molar-refractivity contribution is -0.150. The van der Waals surface area contributed by atoms with Crippen molar-refractivity contribution in [3.63, 3.8) is 0 Å². The molecule has 5 aliphatic heterocycles. The van der Waals surface area contributed by atoms with E-state index in [1.807, 2.05) is 54.6 Å². The Hall–Kier alpha value is -4.52. The van der Waals surface area contributed by atoms with E-state index in [2.05, 4.69) is 32.2 Å². The van der Waals surface area contributed by atoms with Gasteiger partial charge < -0.3 is 34.2 Å². The predicted octanol–water partition coefficient (Wildman–Crippen LogP) is 4.30. The van der Waals surface area contributed by atoms with Gasteiger partial charge in [0.25, 0.3) is 5.91 Å². The third-order valence-corrected chi connectivity index (χ3v) is 17.0. The summed E-state index contributed by atoms with van der Waals surface area (Å²) in [7, 11) is -0.876. The lowest BCUT2D eigenvalue weighted by Crippen LogP contribution is -2.52. The Labute approximate surface area is 311 Å². The highest BCUT2D eigenvalue weighted by atomic mass is 28.3. The summed E-state index contributed by atoms with van der Waals surface area (Å²) in [4.78, 5) is 61.6. The molecule has 278 valence electrons. The van der Waals surface area contributed by atoms with Crippen molar-refractivity contribution in [2.75, 3.05) is 48.1 Å². The minimum atomic E-state index is -2.52. The minimum absolute atomic E-state index is 0.0383.